The van der Waals surface area contributed by atoms with Gasteiger partial charge in [-0.25, -0.2) is 0 Å². The van der Waals surface area contributed by atoms with Crippen molar-refractivity contribution in [2.45, 2.75) is 25.8 Å². The van der Waals surface area contributed by atoms with Gasteiger partial charge in [-0.05, 0) is 46.4 Å². The lowest BCUT2D eigenvalue weighted by Gasteiger charge is -2.19. The van der Waals surface area contributed by atoms with Crippen LogP contribution in [0.25, 0.3) is 0 Å². The number of halogens is 1. The quantitative estimate of drug-likeness (QED) is 0.277. The van der Waals surface area contributed by atoms with Crippen LogP contribution in [0.4, 0.5) is 0 Å². The lowest BCUT2D eigenvalue weighted by atomic mass is 10.3. The number of likely N-dealkylation sites (N-methyl/N-ethyl adjacent to an activating group) is 1. The Bertz CT molecular complexity index is 291. The van der Waals surface area contributed by atoms with E-state index in [2.05, 4.69) is 27.2 Å². The van der Waals surface area contributed by atoms with Crippen molar-refractivity contribution in [2.24, 2.45) is 10.7 Å². The van der Waals surface area contributed by atoms with Crippen LogP contribution in [-0.4, -0.2) is 81.8 Å². The first-order valence-corrected chi connectivity index (χ1v) is 7.58. The smallest absolute Gasteiger partial charge is 0.188 e. The Balaban J connectivity index is 0.00000400. The maximum absolute atomic E-state index is 5.83. The van der Waals surface area contributed by atoms with E-state index < -0.39 is 0 Å². The molecule has 3 N–H and O–H groups in total. The van der Waals surface area contributed by atoms with E-state index in [9.17, 15) is 0 Å². The molecule has 0 saturated carbocycles. The van der Waals surface area contributed by atoms with E-state index >= 15 is 0 Å². The van der Waals surface area contributed by atoms with Gasteiger partial charge in [0.15, 0.2) is 5.96 Å². The molecular formula is C14H32IN5O. The zero-order valence-corrected chi connectivity index (χ0v) is 16.0. The number of nitrogens with zero attached hydrogens (tertiary/aromatic N) is 3. The Morgan fingerprint density at radius 2 is 2.10 bits per heavy atom. The van der Waals surface area contributed by atoms with Crippen molar-refractivity contribution >= 4 is 29.9 Å². The molecule has 1 unspecified atom stereocenters. The van der Waals surface area contributed by atoms with Gasteiger partial charge in [0.25, 0.3) is 0 Å². The molecule has 0 aromatic carbocycles. The van der Waals surface area contributed by atoms with E-state index in [1.807, 2.05) is 6.92 Å². The normalized spacial score (nSPS) is 19.7. The molecule has 0 aromatic heterocycles. The minimum absolute atomic E-state index is 0. The molecule has 21 heavy (non-hydrogen) atoms. The van der Waals surface area contributed by atoms with Crippen LogP contribution < -0.4 is 11.1 Å². The fraction of sp³-hybridized carbons (Fsp3) is 0.929. The van der Waals surface area contributed by atoms with Gasteiger partial charge in [0.2, 0.25) is 0 Å². The van der Waals surface area contributed by atoms with Gasteiger partial charge in [-0.1, -0.05) is 0 Å². The van der Waals surface area contributed by atoms with Crippen LogP contribution in [0, 0.1) is 0 Å². The highest BCUT2D eigenvalue weighted by molar-refractivity contribution is 14.0. The zero-order chi connectivity index (χ0) is 14.8. The summed E-state index contributed by atoms with van der Waals surface area (Å²) in [6.07, 6.45) is 2.32. The van der Waals surface area contributed by atoms with Gasteiger partial charge in [0.05, 0.1) is 6.61 Å². The van der Waals surface area contributed by atoms with E-state index in [1.165, 1.54) is 32.6 Å². The number of nitrogens with one attached hydrogen (secondary N) is 1. The summed E-state index contributed by atoms with van der Waals surface area (Å²) in [4.78, 5) is 9.28. The highest BCUT2D eigenvalue weighted by Crippen LogP contribution is 2.01. The number of rotatable bonds is 7. The topological polar surface area (TPSA) is 66.1 Å². The van der Waals surface area contributed by atoms with Crippen LogP contribution >= 0.6 is 24.0 Å². The van der Waals surface area contributed by atoms with Gasteiger partial charge in [-0.15, -0.1) is 24.0 Å². The monoisotopic (exact) mass is 413 g/mol. The largest absolute Gasteiger partial charge is 0.383 e. The molecule has 1 heterocycles. The molecule has 7 heteroatoms. The summed E-state index contributed by atoms with van der Waals surface area (Å²) in [5, 5.41) is 3.12. The molecule has 0 bridgehead atoms. The third kappa shape index (κ3) is 10.3. The van der Waals surface area contributed by atoms with E-state index in [-0.39, 0.29) is 30.0 Å². The van der Waals surface area contributed by atoms with Gasteiger partial charge < -0.3 is 25.6 Å². The summed E-state index contributed by atoms with van der Waals surface area (Å²) < 4.78 is 5.05. The average Bonchev–Trinajstić information content (AvgIpc) is 2.60. The number of guanidine groups is 1. The maximum atomic E-state index is 5.83. The molecule has 1 aliphatic rings. The third-order valence-corrected chi connectivity index (χ3v) is 3.54. The molecule has 0 aliphatic carbocycles. The summed E-state index contributed by atoms with van der Waals surface area (Å²) in [5.41, 5.74) is 5.83. The standard InChI is InChI=1S/C14H31N5O.HI/c1-13(12-20-3)17-14(15)16-6-4-8-19-9-5-7-18(2)10-11-19;/h13H,4-12H2,1-3H3,(H3,15,16,17);1H. The van der Waals surface area contributed by atoms with Crippen LogP contribution in [0.5, 0.6) is 0 Å². The van der Waals surface area contributed by atoms with Crippen molar-refractivity contribution in [1.29, 1.82) is 0 Å². The lowest BCUT2D eigenvalue weighted by molar-refractivity contribution is 0.179. The minimum atomic E-state index is 0. The fourth-order valence-corrected chi connectivity index (χ4v) is 2.41. The number of aliphatic imine (C=N–C) groups is 1. The van der Waals surface area contributed by atoms with Crippen LogP contribution in [0.2, 0.25) is 0 Å². The number of hydrogen-bond acceptors (Lipinski definition) is 4. The van der Waals surface area contributed by atoms with Crippen molar-refractivity contribution in [3.63, 3.8) is 0 Å². The van der Waals surface area contributed by atoms with Crippen molar-refractivity contribution in [1.82, 2.24) is 15.1 Å². The molecule has 1 atom stereocenters. The van der Waals surface area contributed by atoms with Crippen LogP contribution in [0.3, 0.4) is 0 Å². The summed E-state index contributed by atoms with van der Waals surface area (Å²) in [5.74, 6) is 0.519. The van der Waals surface area contributed by atoms with Crippen LogP contribution in [0.15, 0.2) is 4.99 Å². The van der Waals surface area contributed by atoms with Gasteiger partial charge in [0, 0.05) is 32.8 Å². The van der Waals surface area contributed by atoms with E-state index in [0.717, 1.165) is 19.5 Å². The molecule has 6 nitrogen and oxygen atoms in total. The average molecular weight is 413 g/mol. The Morgan fingerprint density at radius 3 is 2.81 bits per heavy atom. The van der Waals surface area contributed by atoms with Gasteiger partial charge in [0.1, 0.15) is 0 Å². The van der Waals surface area contributed by atoms with E-state index in [0.29, 0.717) is 12.6 Å². The third-order valence-electron chi connectivity index (χ3n) is 3.54. The van der Waals surface area contributed by atoms with Gasteiger partial charge in [-0.3, -0.25) is 4.99 Å². The maximum Gasteiger partial charge on any atom is 0.188 e. The minimum Gasteiger partial charge on any atom is -0.383 e. The fourth-order valence-electron chi connectivity index (χ4n) is 2.41. The molecule has 1 aliphatic heterocycles. The molecule has 126 valence electrons. The van der Waals surface area contributed by atoms with Crippen LogP contribution in [-0.2, 0) is 4.74 Å². The summed E-state index contributed by atoms with van der Waals surface area (Å²) >= 11 is 0. The predicted octanol–water partition coefficient (Wildman–Crippen LogP) is 0.571. The Hall–Kier alpha value is -0.120. The molecular weight excluding hydrogens is 381 g/mol. The molecule has 1 fully saturated rings. The van der Waals surface area contributed by atoms with Gasteiger partial charge in [-0.2, -0.15) is 0 Å². The lowest BCUT2D eigenvalue weighted by Crippen LogP contribution is -2.40. The summed E-state index contributed by atoms with van der Waals surface area (Å²) in [7, 11) is 3.88. The Kier molecular flexibility index (Phi) is 12.4. The van der Waals surface area contributed by atoms with E-state index in [1.54, 1.807) is 7.11 Å². The Labute approximate surface area is 146 Å². The number of methoxy groups -OCH3 is 1. The first-order valence-electron chi connectivity index (χ1n) is 7.58. The van der Waals surface area contributed by atoms with Crippen molar-refractivity contribution in [3.8, 4) is 0 Å². The highest BCUT2D eigenvalue weighted by atomic mass is 127. The van der Waals surface area contributed by atoms with Crippen molar-refractivity contribution in [3.05, 3.63) is 0 Å². The van der Waals surface area contributed by atoms with Crippen LogP contribution in [0.1, 0.15) is 19.8 Å². The SMILES string of the molecule is COCC(C)NC(N)=NCCCN1CCCN(C)CC1.I. The van der Waals surface area contributed by atoms with Crippen molar-refractivity contribution < 1.29 is 4.74 Å². The predicted molar refractivity (Wildman–Crippen MR) is 99.5 cm³/mol. The van der Waals surface area contributed by atoms with Gasteiger partial charge >= 0.3 is 0 Å². The number of hydrogen-bond donors (Lipinski definition) is 2. The number of nitrogens with two attached hydrogens (primary N) is 1. The highest BCUT2D eigenvalue weighted by Gasteiger charge is 2.11. The first kappa shape index (κ1) is 20.9. The summed E-state index contributed by atoms with van der Waals surface area (Å²) in [6, 6.07) is 0.199. The second-order valence-electron chi connectivity index (χ2n) is 5.62. The molecule has 1 saturated heterocycles. The first-order chi connectivity index (χ1) is 9.61. The molecule has 0 aromatic rings. The summed E-state index contributed by atoms with van der Waals surface area (Å²) in [6.45, 7) is 9.30. The zero-order valence-electron chi connectivity index (χ0n) is 13.7. The van der Waals surface area contributed by atoms with E-state index in [4.69, 9.17) is 10.5 Å². The number of ether oxygens (including phenoxy) is 1. The molecule has 0 amide bonds. The molecule has 0 radical (unpaired) electrons. The van der Waals surface area contributed by atoms with Crippen molar-refractivity contribution in [2.75, 3.05) is 60.0 Å². The second kappa shape index (κ2) is 12.4. The second-order valence-corrected chi connectivity index (χ2v) is 5.62. The molecule has 0 spiro atoms. The Morgan fingerprint density at radius 1 is 1.33 bits per heavy atom. The molecule has 1 rings (SSSR count).